The van der Waals surface area contributed by atoms with Crippen molar-refractivity contribution in [3.8, 4) is 22.3 Å². The normalized spacial score (nSPS) is 11.6. The second-order valence-electron chi connectivity index (χ2n) is 13.8. The molecule has 1 aliphatic carbocycles. The molecule has 9 rings (SSSR count). The second kappa shape index (κ2) is 11.8. The highest BCUT2D eigenvalue weighted by Gasteiger charge is 2.25. The largest absolute Gasteiger partial charge is 0.310 e. The van der Waals surface area contributed by atoms with Crippen LogP contribution in [0.25, 0.3) is 43.8 Å². The zero-order valence-electron chi connectivity index (χ0n) is 28.9. The third-order valence-electron chi connectivity index (χ3n) is 10.2. The Hall–Kier alpha value is -6.12. The highest BCUT2D eigenvalue weighted by atomic mass is 15.1. The summed E-state index contributed by atoms with van der Waals surface area (Å²) in [7, 11) is 0. The average Bonchev–Trinajstić information content (AvgIpc) is 3.13. The van der Waals surface area contributed by atoms with Crippen LogP contribution in [-0.2, 0) is 0 Å². The maximum Gasteiger partial charge on any atom is 0.0490 e. The molecule has 0 fully saturated rings. The van der Waals surface area contributed by atoms with Gasteiger partial charge in [0.1, 0.15) is 0 Å². The predicted molar refractivity (Wildman–Crippen MR) is 214 cm³/mol. The maximum atomic E-state index is 2.39. The number of benzene rings is 8. The molecule has 0 unspecified atom stereocenters. The number of fused-ring (bicyclic) bond motifs is 6. The molecule has 0 saturated carbocycles. The van der Waals surface area contributed by atoms with Gasteiger partial charge in [0, 0.05) is 34.1 Å². The van der Waals surface area contributed by atoms with E-state index < -0.39 is 0 Å². The first-order valence-corrected chi connectivity index (χ1v) is 17.4. The van der Waals surface area contributed by atoms with E-state index in [0.717, 1.165) is 22.7 Å². The van der Waals surface area contributed by atoms with E-state index in [1.165, 1.54) is 77.4 Å². The number of nitrogens with zero attached hydrogens (tertiary/aromatic N) is 2. The molecule has 1 aliphatic rings. The third kappa shape index (κ3) is 5.04. The zero-order chi connectivity index (χ0) is 33.9. The van der Waals surface area contributed by atoms with Gasteiger partial charge >= 0.3 is 0 Å². The summed E-state index contributed by atoms with van der Waals surface area (Å²) in [4.78, 5) is 4.76. The molecule has 0 atom stereocenters. The summed E-state index contributed by atoms with van der Waals surface area (Å²) in [6.45, 7) is 8.72. The van der Waals surface area contributed by atoms with Gasteiger partial charge in [-0.15, -0.1) is 0 Å². The quantitative estimate of drug-likeness (QED) is 0.178. The fraction of sp³-hybridized carbons (Fsp3) is 0.0833. The van der Waals surface area contributed by atoms with Crippen molar-refractivity contribution < 1.29 is 0 Å². The van der Waals surface area contributed by atoms with Crippen molar-refractivity contribution in [2.45, 2.75) is 27.7 Å². The molecule has 0 spiro atoms. The lowest BCUT2D eigenvalue weighted by molar-refractivity contribution is 1.24. The van der Waals surface area contributed by atoms with E-state index in [9.17, 15) is 0 Å². The fourth-order valence-corrected chi connectivity index (χ4v) is 7.80. The van der Waals surface area contributed by atoms with Crippen molar-refractivity contribution in [3.05, 3.63) is 180 Å². The molecule has 240 valence electrons. The number of hydrogen-bond donors (Lipinski definition) is 0. The van der Waals surface area contributed by atoms with Crippen molar-refractivity contribution in [1.29, 1.82) is 0 Å². The minimum Gasteiger partial charge on any atom is -0.310 e. The molecular weight excluding hydrogens is 605 g/mol. The Morgan fingerprint density at radius 3 is 1.06 bits per heavy atom. The monoisotopic (exact) mass is 642 g/mol. The standard InChI is InChI=1S/C48H38N2/c1-31-15-21-47(33(3)23-31)49(39-11-7-5-8-12-39)41-19-17-35-27-43-45(29-37(35)25-41)44-28-36-18-20-42(26-38(36)30-46(43)44)50(40-13-9-6-10-14-40)48-22-16-32(2)24-34(48)4/h5-30H,1-4H3. The molecule has 8 aromatic rings. The molecule has 2 nitrogen and oxygen atoms in total. The summed E-state index contributed by atoms with van der Waals surface area (Å²) in [5, 5.41) is 5.01. The topological polar surface area (TPSA) is 6.48 Å². The van der Waals surface area contributed by atoms with Crippen molar-refractivity contribution in [3.63, 3.8) is 0 Å². The summed E-state index contributed by atoms with van der Waals surface area (Å²) in [5.74, 6) is 0. The minimum absolute atomic E-state index is 1.15. The molecule has 50 heavy (non-hydrogen) atoms. The molecule has 0 radical (unpaired) electrons. The first-order chi connectivity index (χ1) is 24.4. The van der Waals surface area contributed by atoms with Crippen LogP contribution in [0, 0.1) is 27.7 Å². The molecule has 0 aliphatic heterocycles. The van der Waals surface area contributed by atoms with Crippen LogP contribution in [0.4, 0.5) is 34.1 Å². The summed E-state index contributed by atoms with van der Waals surface area (Å²) in [6.07, 6.45) is 0. The smallest absolute Gasteiger partial charge is 0.0490 e. The predicted octanol–water partition coefficient (Wildman–Crippen LogP) is 13.8. The van der Waals surface area contributed by atoms with Crippen molar-refractivity contribution in [2.24, 2.45) is 0 Å². The third-order valence-corrected chi connectivity index (χ3v) is 10.2. The van der Waals surface area contributed by atoms with Gasteiger partial charge in [-0.25, -0.2) is 0 Å². The molecule has 0 aromatic heterocycles. The molecule has 2 heteroatoms. The van der Waals surface area contributed by atoms with Gasteiger partial charge in [-0.3, -0.25) is 0 Å². The van der Waals surface area contributed by atoms with Crippen LogP contribution in [0.3, 0.4) is 0 Å². The van der Waals surface area contributed by atoms with Crippen LogP contribution >= 0.6 is 0 Å². The van der Waals surface area contributed by atoms with Gasteiger partial charge in [-0.2, -0.15) is 0 Å². The van der Waals surface area contributed by atoms with Gasteiger partial charge in [-0.05, 0) is 168 Å². The Morgan fingerprint density at radius 2 is 0.680 bits per heavy atom. The molecular formula is C48H38N2. The number of anilines is 6. The SMILES string of the molecule is Cc1ccc(N(c2ccccc2)c2ccc3cc4c(cc3c2)-c2cc3ccc(N(c5ccccc5)c5ccc(C)cc5C)cc3cc2-4)c(C)c1. The molecule has 0 heterocycles. The van der Waals surface area contributed by atoms with E-state index in [0.29, 0.717) is 0 Å². The van der Waals surface area contributed by atoms with Gasteiger partial charge in [0.15, 0.2) is 0 Å². The van der Waals surface area contributed by atoms with Gasteiger partial charge < -0.3 is 9.80 Å². The molecule has 0 amide bonds. The second-order valence-corrected chi connectivity index (χ2v) is 13.8. The average molecular weight is 643 g/mol. The number of para-hydroxylation sites is 2. The van der Waals surface area contributed by atoms with Crippen LogP contribution < -0.4 is 9.80 Å². The lowest BCUT2D eigenvalue weighted by Gasteiger charge is -2.29. The minimum atomic E-state index is 1.15. The molecule has 0 N–H and O–H groups in total. The summed E-state index contributed by atoms with van der Waals surface area (Å²) >= 11 is 0. The zero-order valence-corrected chi connectivity index (χ0v) is 28.9. The lowest BCUT2D eigenvalue weighted by atomic mass is 9.78. The highest BCUT2D eigenvalue weighted by molar-refractivity contribution is 6.12. The van der Waals surface area contributed by atoms with E-state index in [1.807, 2.05) is 0 Å². The Kier molecular flexibility index (Phi) is 7.07. The van der Waals surface area contributed by atoms with Gasteiger partial charge in [0.25, 0.3) is 0 Å². The van der Waals surface area contributed by atoms with Crippen LogP contribution in [0.15, 0.2) is 158 Å². The Morgan fingerprint density at radius 1 is 0.300 bits per heavy atom. The first kappa shape index (κ1) is 30.0. The van der Waals surface area contributed by atoms with E-state index >= 15 is 0 Å². The van der Waals surface area contributed by atoms with Crippen LogP contribution in [0.1, 0.15) is 22.3 Å². The van der Waals surface area contributed by atoms with Crippen LogP contribution in [-0.4, -0.2) is 0 Å². The van der Waals surface area contributed by atoms with Crippen LogP contribution in [0.5, 0.6) is 0 Å². The number of hydrogen-bond acceptors (Lipinski definition) is 2. The Labute approximate surface area is 294 Å². The van der Waals surface area contributed by atoms with E-state index in [4.69, 9.17) is 0 Å². The van der Waals surface area contributed by atoms with Gasteiger partial charge in [0.05, 0.1) is 0 Å². The van der Waals surface area contributed by atoms with Crippen molar-refractivity contribution >= 4 is 55.7 Å². The molecule has 0 bridgehead atoms. The Bertz CT molecular complexity index is 2390. The van der Waals surface area contributed by atoms with E-state index in [1.54, 1.807) is 0 Å². The van der Waals surface area contributed by atoms with Gasteiger partial charge in [-0.1, -0.05) is 83.9 Å². The molecule has 8 aromatic carbocycles. The lowest BCUT2D eigenvalue weighted by Crippen LogP contribution is -2.11. The number of aryl methyl sites for hydroxylation is 4. The first-order valence-electron chi connectivity index (χ1n) is 17.4. The summed E-state index contributed by atoms with van der Waals surface area (Å²) in [6, 6.07) is 58.1. The number of rotatable bonds is 6. The van der Waals surface area contributed by atoms with E-state index in [-0.39, 0.29) is 0 Å². The fourth-order valence-electron chi connectivity index (χ4n) is 7.80. The Balaban J connectivity index is 1.12. The summed E-state index contributed by atoms with van der Waals surface area (Å²) in [5.41, 5.74) is 17.4. The summed E-state index contributed by atoms with van der Waals surface area (Å²) < 4.78 is 0. The van der Waals surface area contributed by atoms with Crippen LogP contribution in [0.2, 0.25) is 0 Å². The van der Waals surface area contributed by atoms with Gasteiger partial charge in [0.2, 0.25) is 0 Å². The molecule has 0 saturated heterocycles. The van der Waals surface area contributed by atoms with Crippen molar-refractivity contribution in [2.75, 3.05) is 9.80 Å². The van der Waals surface area contributed by atoms with E-state index in [2.05, 4.69) is 195 Å². The maximum absolute atomic E-state index is 2.39. The highest BCUT2D eigenvalue weighted by Crippen LogP contribution is 2.51. The van der Waals surface area contributed by atoms with Crippen molar-refractivity contribution in [1.82, 2.24) is 0 Å².